The Morgan fingerprint density at radius 2 is 0.759 bits per heavy atom. The predicted octanol–water partition coefficient (Wildman–Crippen LogP) is 15.0. The van der Waals surface area contributed by atoms with Gasteiger partial charge in [-0.25, -0.2) is 0 Å². The molecule has 0 aliphatic carbocycles. The predicted molar refractivity (Wildman–Crippen MR) is 243 cm³/mol. The molecule has 12 aromatic carbocycles. The molecule has 0 aromatic heterocycles. The third-order valence-electron chi connectivity index (χ3n) is 12.3. The average Bonchev–Trinajstić information content (AvgIpc) is 3.80. The van der Waals surface area contributed by atoms with Crippen LogP contribution in [0, 0.1) is 22.7 Å². The lowest BCUT2D eigenvalue weighted by Crippen LogP contribution is -1.91. The average molecular weight is 731 g/mol. The first kappa shape index (κ1) is 32.2. The lowest BCUT2D eigenvalue weighted by Gasteiger charge is -2.19. The van der Waals surface area contributed by atoms with Gasteiger partial charge in [0.05, 0.1) is 23.3 Å². The Kier molecular flexibility index (Phi) is 6.80. The smallest absolute Gasteiger partial charge is 0.0992 e. The zero-order valence-corrected chi connectivity index (χ0v) is 31.2. The molecule has 58 heavy (non-hydrogen) atoms. The van der Waals surface area contributed by atoms with Gasteiger partial charge in [0.1, 0.15) is 0 Å². The fourth-order valence-electron chi connectivity index (χ4n) is 10.1. The highest BCUT2D eigenvalue weighted by atomic mass is 14.3. The van der Waals surface area contributed by atoms with Gasteiger partial charge < -0.3 is 0 Å². The minimum Gasteiger partial charge on any atom is -0.192 e. The first-order valence-electron chi connectivity index (χ1n) is 19.6. The molecular weight excluding hydrogens is 701 g/mol. The van der Waals surface area contributed by atoms with Crippen molar-refractivity contribution in [1.29, 1.82) is 10.5 Å². The number of hydrogen-bond donors (Lipinski definition) is 0. The second-order valence-electron chi connectivity index (χ2n) is 15.3. The molecule has 0 aliphatic heterocycles. The third-order valence-corrected chi connectivity index (χ3v) is 12.3. The SMILES string of the molecule is N#Cc1cc(C#N)cc(-c2cccc(-c3ccc4c5c(-c6ccccc6)c6c(cc7c8ccccc8c8cccc6c87)c(-c6ccccc6)c5c5cccc3c54)c2)c1. The lowest BCUT2D eigenvalue weighted by atomic mass is 9.84. The molecule has 0 aliphatic rings. The van der Waals surface area contributed by atoms with Crippen molar-refractivity contribution < 1.29 is 0 Å². The van der Waals surface area contributed by atoms with Crippen LogP contribution in [0.5, 0.6) is 0 Å². The quantitative estimate of drug-likeness (QED) is 0.169. The monoisotopic (exact) mass is 730 g/mol. The van der Waals surface area contributed by atoms with E-state index in [0.717, 1.165) is 22.3 Å². The van der Waals surface area contributed by atoms with Gasteiger partial charge >= 0.3 is 0 Å². The first-order valence-corrected chi connectivity index (χ1v) is 19.6. The van der Waals surface area contributed by atoms with Crippen molar-refractivity contribution in [2.45, 2.75) is 0 Å². The standard InChI is InChI=1S/C56H30N2/c57-31-33-26-34(32-58)28-39(27-33)37-16-9-17-38(29-37)40-24-25-47-52-43(40)20-10-23-46(52)55-50(35-12-3-1-4-13-35)49-30-48-42-19-8-7-18-41(42)44-21-11-22-45(53(44)48)54(49)51(56(47)55)36-14-5-2-6-15-36/h1-30H. The van der Waals surface area contributed by atoms with Gasteiger partial charge in [-0.15, -0.1) is 0 Å². The second-order valence-corrected chi connectivity index (χ2v) is 15.3. The molecule has 0 amide bonds. The van der Waals surface area contributed by atoms with Gasteiger partial charge in [-0.1, -0.05) is 152 Å². The Balaban J connectivity index is 1.26. The largest absolute Gasteiger partial charge is 0.192 e. The molecule has 0 atom stereocenters. The van der Waals surface area contributed by atoms with Gasteiger partial charge in [-0.3, -0.25) is 0 Å². The van der Waals surface area contributed by atoms with E-state index in [0.29, 0.717) is 11.1 Å². The van der Waals surface area contributed by atoms with E-state index in [2.05, 4.69) is 176 Å². The second kappa shape index (κ2) is 12.2. The maximum absolute atomic E-state index is 9.72. The number of nitrogens with zero attached hydrogens (tertiary/aromatic N) is 2. The van der Waals surface area contributed by atoms with Crippen LogP contribution in [-0.2, 0) is 0 Å². The normalized spacial score (nSPS) is 11.8. The van der Waals surface area contributed by atoms with E-state index < -0.39 is 0 Å². The summed E-state index contributed by atoms with van der Waals surface area (Å²) in [5.74, 6) is 0. The number of nitriles is 2. The number of hydrogen-bond acceptors (Lipinski definition) is 2. The molecular formula is C56H30N2. The van der Waals surface area contributed by atoms with E-state index in [1.54, 1.807) is 6.07 Å². The van der Waals surface area contributed by atoms with Crippen molar-refractivity contribution in [1.82, 2.24) is 0 Å². The summed E-state index contributed by atoms with van der Waals surface area (Å²) in [5.41, 5.74) is 9.93. The van der Waals surface area contributed by atoms with E-state index in [4.69, 9.17) is 0 Å². The van der Waals surface area contributed by atoms with Crippen LogP contribution in [0.15, 0.2) is 182 Å². The topological polar surface area (TPSA) is 47.6 Å². The zero-order chi connectivity index (χ0) is 38.5. The molecule has 0 saturated heterocycles. The van der Waals surface area contributed by atoms with Gasteiger partial charge in [0, 0.05) is 0 Å². The molecule has 12 aromatic rings. The highest BCUT2D eigenvalue weighted by Crippen LogP contribution is 2.55. The minimum atomic E-state index is 0.477. The maximum Gasteiger partial charge on any atom is 0.0992 e. The van der Waals surface area contributed by atoms with Crippen LogP contribution in [-0.4, -0.2) is 0 Å². The molecule has 0 fully saturated rings. The molecule has 0 bridgehead atoms. The highest BCUT2D eigenvalue weighted by Gasteiger charge is 2.27. The Hall–Kier alpha value is -8.04. The zero-order valence-electron chi connectivity index (χ0n) is 31.2. The van der Waals surface area contributed by atoms with Crippen LogP contribution in [0.3, 0.4) is 0 Å². The maximum atomic E-state index is 9.72. The first-order chi connectivity index (χ1) is 28.7. The van der Waals surface area contributed by atoms with Crippen molar-refractivity contribution in [3.63, 3.8) is 0 Å². The summed E-state index contributed by atoms with van der Waals surface area (Å²) in [4.78, 5) is 0. The van der Waals surface area contributed by atoms with E-state index in [9.17, 15) is 10.5 Å². The molecule has 0 saturated carbocycles. The van der Waals surface area contributed by atoms with Gasteiger partial charge in [-0.2, -0.15) is 10.5 Å². The van der Waals surface area contributed by atoms with Crippen molar-refractivity contribution in [2.24, 2.45) is 0 Å². The van der Waals surface area contributed by atoms with Crippen LogP contribution >= 0.6 is 0 Å². The molecule has 2 heteroatoms. The van der Waals surface area contributed by atoms with Gasteiger partial charge in [0.2, 0.25) is 0 Å². The molecule has 0 N–H and O–H groups in total. The Bertz CT molecular complexity index is 3700. The molecule has 264 valence electrons. The van der Waals surface area contributed by atoms with E-state index >= 15 is 0 Å². The fraction of sp³-hybridized carbons (Fsp3) is 0. The molecule has 0 heterocycles. The molecule has 0 radical (unpaired) electrons. The summed E-state index contributed by atoms with van der Waals surface area (Å²) in [6, 6.07) is 69.8. The van der Waals surface area contributed by atoms with Gasteiger partial charge in [0.25, 0.3) is 0 Å². The summed E-state index contributed by atoms with van der Waals surface area (Å²) < 4.78 is 0. The summed E-state index contributed by atoms with van der Waals surface area (Å²) in [6.07, 6.45) is 0. The minimum absolute atomic E-state index is 0.477. The summed E-state index contributed by atoms with van der Waals surface area (Å²) >= 11 is 0. The summed E-state index contributed by atoms with van der Waals surface area (Å²) in [7, 11) is 0. The third kappa shape index (κ3) is 4.46. The van der Waals surface area contributed by atoms with Crippen molar-refractivity contribution in [3.05, 3.63) is 193 Å². The highest BCUT2D eigenvalue weighted by molar-refractivity contribution is 6.45. The van der Waals surface area contributed by atoms with Crippen molar-refractivity contribution in [3.8, 4) is 56.6 Å². The van der Waals surface area contributed by atoms with Crippen LogP contribution < -0.4 is 0 Å². The van der Waals surface area contributed by atoms with Crippen LogP contribution in [0.2, 0.25) is 0 Å². The Morgan fingerprint density at radius 3 is 1.47 bits per heavy atom. The fourth-order valence-corrected chi connectivity index (χ4v) is 10.1. The van der Waals surface area contributed by atoms with E-state index in [-0.39, 0.29) is 0 Å². The Labute approximate surface area is 334 Å². The van der Waals surface area contributed by atoms with E-state index in [1.165, 1.54) is 97.7 Å². The van der Waals surface area contributed by atoms with Crippen LogP contribution in [0.1, 0.15) is 11.1 Å². The number of fused-ring (bicyclic) bond motifs is 8. The summed E-state index contributed by atoms with van der Waals surface area (Å²) in [5, 5.41) is 37.2. The number of rotatable bonds is 4. The van der Waals surface area contributed by atoms with Gasteiger partial charge in [0.15, 0.2) is 0 Å². The van der Waals surface area contributed by atoms with Crippen LogP contribution in [0.4, 0.5) is 0 Å². The molecule has 12 rings (SSSR count). The molecule has 0 unspecified atom stereocenters. The van der Waals surface area contributed by atoms with Crippen molar-refractivity contribution in [2.75, 3.05) is 0 Å². The van der Waals surface area contributed by atoms with Crippen molar-refractivity contribution >= 4 is 75.4 Å². The molecule has 2 nitrogen and oxygen atoms in total. The summed E-state index contributed by atoms with van der Waals surface area (Å²) in [6.45, 7) is 0. The Morgan fingerprint density at radius 1 is 0.259 bits per heavy atom. The molecule has 0 spiro atoms. The van der Waals surface area contributed by atoms with Gasteiger partial charge in [-0.05, 0) is 150 Å². The lowest BCUT2D eigenvalue weighted by molar-refractivity contribution is 1.44. The van der Waals surface area contributed by atoms with Crippen LogP contribution in [0.25, 0.3) is 120 Å². The number of benzene rings is 10. The van der Waals surface area contributed by atoms with E-state index in [1.807, 2.05) is 12.1 Å².